The van der Waals surface area contributed by atoms with Crippen molar-refractivity contribution in [2.75, 3.05) is 13.7 Å². The molecule has 0 aromatic heterocycles. The van der Waals surface area contributed by atoms with E-state index >= 15 is 0 Å². The molecular formula is C13H17NO3. The van der Waals surface area contributed by atoms with Gasteiger partial charge in [-0.15, -0.1) is 0 Å². The Morgan fingerprint density at radius 3 is 2.76 bits per heavy atom. The number of rotatable bonds is 2. The van der Waals surface area contributed by atoms with E-state index in [0.29, 0.717) is 5.92 Å². The van der Waals surface area contributed by atoms with E-state index in [1.807, 2.05) is 12.1 Å². The summed E-state index contributed by atoms with van der Waals surface area (Å²) in [5, 5.41) is 12.4. The van der Waals surface area contributed by atoms with Crippen molar-refractivity contribution in [1.29, 1.82) is 0 Å². The molecule has 0 amide bonds. The van der Waals surface area contributed by atoms with Gasteiger partial charge >= 0.3 is 5.97 Å². The molecule has 1 saturated heterocycles. The van der Waals surface area contributed by atoms with Crippen LogP contribution in [-0.4, -0.2) is 30.8 Å². The van der Waals surface area contributed by atoms with Crippen molar-refractivity contribution in [3.63, 3.8) is 0 Å². The lowest BCUT2D eigenvalue weighted by atomic mass is 9.86. The molecule has 2 rings (SSSR count). The van der Waals surface area contributed by atoms with Crippen LogP contribution < -0.4 is 5.32 Å². The van der Waals surface area contributed by atoms with Crippen LogP contribution in [0.5, 0.6) is 5.75 Å². The van der Waals surface area contributed by atoms with Crippen LogP contribution >= 0.6 is 0 Å². The van der Waals surface area contributed by atoms with Gasteiger partial charge in [-0.2, -0.15) is 0 Å². The number of piperidine rings is 1. The molecule has 0 aliphatic carbocycles. The average Bonchev–Trinajstić information content (AvgIpc) is 2.39. The number of phenols is 1. The van der Waals surface area contributed by atoms with E-state index in [9.17, 15) is 9.90 Å². The van der Waals surface area contributed by atoms with Gasteiger partial charge in [0, 0.05) is 0 Å². The zero-order valence-corrected chi connectivity index (χ0v) is 9.85. The van der Waals surface area contributed by atoms with Crippen LogP contribution in [0.3, 0.4) is 0 Å². The van der Waals surface area contributed by atoms with Crippen LogP contribution in [0.4, 0.5) is 0 Å². The van der Waals surface area contributed by atoms with Gasteiger partial charge in [-0.05, 0) is 43.0 Å². The standard InChI is InChI=1S/C13H17NO3/c1-17-13(16)12-8-10(6-7-14-12)9-2-4-11(15)5-3-9/h2-5,10,12,14-15H,6-8H2,1H3/t10-,12-/m1/s1. The molecule has 92 valence electrons. The molecule has 0 bridgehead atoms. The van der Waals surface area contributed by atoms with Crippen molar-refractivity contribution in [1.82, 2.24) is 5.32 Å². The number of hydrogen-bond donors (Lipinski definition) is 2. The first-order valence-electron chi connectivity index (χ1n) is 5.81. The average molecular weight is 235 g/mol. The van der Waals surface area contributed by atoms with Crippen molar-refractivity contribution in [3.05, 3.63) is 29.8 Å². The molecule has 4 heteroatoms. The summed E-state index contributed by atoms with van der Waals surface area (Å²) in [4.78, 5) is 11.5. The van der Waals surface area contributed by atoms with Crippen molar-refractivity contribution in [2.24, 2.45) is 0 Å². The molecule has 4 nitrogen and oxygen atoms in total. The van der Waals surface area contributed by atoms with Gasteiger partial charge in [-0.25, -0.2) is 0 Å². The summed E-state index contributed by atoms with van der Waals surface area (Å²) in [6.07, 6.45) is 1.75. The minimum atomic E-state index is -0.215. The third-order valence-corrected chi connectivity index (χ3v) is 3.25. The lowest BCUT2D eigenvalue weighted by molar-refractivity contribution is -0.143. The van der Waals surface area contributed by atoms with Crippen molar-refractivity contribution < 1.29 is 14.6 Å². The van der Waals surface area contributed by atoms with Gasteiger partial charge < -0.3 is 15.2 Å². The summed E-state index contributed by atoms with van der Waals surface area (Å²) in [7, 11) is 1.41. The maximum Gasteiger partial charge on any atom is 0.322 e. The SMILES string of the molecule is COC(=O)[C@H]1C[C@H](c2ccc(O)cc2)CCN1. The number of carbonyl (C=O) groups is 1. The zero-order valence-electron chi connectivity index (χ0n) is 9.85. The number of carbonyl (C=O) groups excluding carboxylic acids is 1. The summed E-state index contributed by atoms with van der Waals surface area (Å²) >= 11 is 0. The summed E-state index contributed by atoms with van der Waals surface area (Å²) in [6, 6.07) is 6.99. The Hall–Kier alpha value is -1.55. The molecule has 2 atom stereocenters. The molecule has 0 saturated carbocycles. The van der Waals surface area contributed by atoms with Gasteiger partial charge in [-0.1, -0.05) is 12.1 Å². The second-order valence-electron chi connectivity index (χ2n) is 4.34. The fourth-order valence-electron chi connectivity index (χ4n) is 2.29. The predicted molar refractivity (Wildman–Crippen MR) is 63.9 cm³/mol. The molecule has 1 aromatic rings. The predicted octanol–water partition coefficient (Wildman–Crippen LogP) is 1.40. The molecule has 2 N–H and O–H groups in total. The smallest absolute Gasteiger partial charge is 0.322 e. The molecular weight excluding hydrogens is 218 g/mol. The van der Waals surface area contributed by atoms with Gasteiger partial charge in [0.15, 0.2) is 0 Å². The lowest BCUT2D eigenvalue weighted by Crippen LogP contribution is -2.43. The van der Waals surface area contributed by atoms with Crippen molar-refractivity contribution in [3.8, 4) is 5.75 Å². The molecule has 1 fully saturated rings. The van der Waals surface area contributed by atoms with Gasteiger partial charge in [0.1, 0.15) is 11.8 Å². The van der Waals surface area contributed by atoms with Gasteiger partial charge in [0.2, 0.25) is 0 Å². The Labute approximate surface area is 101 Å². The van der Waals surface area contributed by atoms with E-state index in [1.54, 1.807) is 12.1 Å². The minimum absolute atomic E-state index is 0.200. The molecule has 1 aliphatic rings. The number of ether oxygens (including phenoxy) is 1. The van der Waals surface area contributed by atoms with Crippen LogP contribution in [0.15, 0.2) is 24.3 Å². The minimum Gasteiger partial charge on any atom is -0.508 e. The summed E-state index contributed by atoms with van der Waals surface area (Å²) in [6.45, 7) is 0.811. The maximum absolute atomic E-state index is 11.5. The fraction of sp³-hybridized carbons (Fsp3) is 0.462. The topological polar surface area (TPSA) is 58.6 Å². The van der Waals surface area contributed by atoms with Crippen LogP contribution in [0, 0.1) is 0 Å². The third kappa shape index (κ3) is 2.77. The van der Waals surface area contributed by atoms with E-state index < -0.39 is 0 Å². The number of nitrogens with one attached hydrogen (secondary N) is 1. The van der Waals surface area contributed by atoms with E-state index in [2.05, 4.69) is 5.32 Å². The van der Waals surface area contributed by atoms with Crippen LogP contribution in [0.1, 0.15) is 24.3 Å². The van der Waals surface area contributed by atoms with Crippen LogP contribution in [0.25, 0.3) is 0 Å². The number of phenolic OH excluding ortho intramolecular Hbond substituents is 1. The van der Waals surface area contributed by atoms with Gasteiger partial charge in [0.25, 0.3) is 0 Å². The highest BCUT2D eigenvalue weighted by molar-refractivity contribution is 5.75. The first-order chi connectivity index (χ1) is 8.20. The van der Waals surface area contributed by atoms with Crippen LogP contribution in [0.2, 0.25) is 0 Å². The highest BCUT2D eigenvalue weighted by atomic mass is 16.5. The molecule has 1 heterocycles. The lowest BCUT2D eigenvalue weighted by Gasteiger charge is -2.28. The van der Waals surface area contributed by atoms with Crippen LogP contribution in [-0.2, 0) is 9.53 Å². The largest absolute Gasteiger partial charge is 0.508 e. The molecule has 0 spiro atoms. The number of hydrogen-bond acceptors (Lipinski definition) is 4. The first kappa shape index (κ1) is 11.9. The second-order valence-corrected chi connectivity index (χ2v) is 4.34. The van der Waals surface area contributed by atoms with Crippen molar-refractivity contribution >= 4 is 5.97 Å². The first-order valence-corrected chi connectivity index (χ1v) is 5.81. The van der Waals surface area contributed by atoms with Gasteiger partial charge in [-0.3, -0.25) is 4.79 Å². The highest BCUT2D eigenvalue weighted by Crippen LogP contribution is 2.29. The Bertz CT molecular complexity index is 388. The number of benzene rings is 1. The third-order valence-electron chi connectivity index (χ3n) is 3.25. The van der Waals surface area contributed by atoms with E-state index in [0.717, 1.165) is 19.4 Å². The molecule has 0 radical (unpaired) electrons. The molecule has 0 unspecified atom stereocenters. The normalized spacial score (nSPS) is 24.3. The quantitative estimate of drug-likeness (QED) is 0.761. The Balaban J connectivity index is 2.06. The molecule has 1 aromatic carbocycles. The maximum atomic E-state index is 11.5. The Morgan fingerprint density at radius 1 is 1.41 bits per heavy atom. The molecule has 1 aliphatic heterocycles. The van der Waals surface area contributed by atoms with Crippen molar-refractivity contribution in [2.45, 2.75) is 24.8 Å². The highest BCUT2D eigenvalue weighted by Gasteiger charge is 2.28. The zero-order chi connectivity index (χ0) is 12.3. The van der Waals surface area contributed by atoms with Gasteiger partial charge in [0.05, 0.1) is 7.11 Å². The number of methoxy groups -OCH3 is 1. The molecule has 17 heavy (non-hydrogen) atoms. The van der Waals surface area contributed by atoms with E-state index in [4.69, 9.17) is 4.74 Å². The van der Waals surface area contributed by atoms with E-state index in [-0.39, 0.29) is 17.8 Å². The second kappa shape index (κ2) is 5.19. The number of aromatic hydroxyl groups is 1. The summed E-state index contributed by atoms with van der Waals surface area (Å²) in [5.41, 5.74) is 1.17. The Morgan fingerprint density at radius 2 is 2.12 bits per heavy atom. The van der Waals surface area contributed by atoms with E-state index in [1.165, 1.54) is 12.7 Å². The summed E-state index contributed by atoms with van der Waals surface area (Å²) < 4.78 is 4.75. The summed E-state index contributed by atoms with van der Waals surface area (Å²) in [5.74, 6) is 0.418. The number of esters is 1. The monoisotopic (exact) mass is 235 g/mol. The fourth-order valence-corrected chi connectivity index (χ4v) is 2.29. The Kier molecular flexibility index (Phi) is 3.64.